The topological polar surface area (TPSA) is 41.1 Å². The molecule has 0 fully saturated rings. The summed E-state index contributed by atoms with van der Waals surface area (Å²) in [5.41, 5.74) is 6.28. The van der Waals surface area contributed by atoms with E-state index < -0.39 is 0 Å². The van der Waals surface area contributed by atoms with E-state index in [0.29, 0.717) is 21.3 Å². The van der Waals surface area contributed by atoms with Gasteiger partial charge in [-0.15, -0.1) is 0 Å². The fourth-order valence-electron chi connectivity index (χ4n) is 1.40. The predicted octanol–water partition coefficient (Wildman–Crippen LogP) is 3.75. The molecule has 0 saturated heterocycles. The number of carbonyl (C=O) groups is 1. The van der Waals surface area contributed by atoms with E-state index in [1.165, 1.54) is 0 Å². The fourth-order valence-corrected chi connectivity index (χ4v) is 1.89. The fraction of sp³-hybridized carbons (Fsp3) is 0. The average molecular weight is 281 g/mol. The molecule has 0 spiro atoms. The SMILES string of the molecule is O=C(NNc1c(Cl)cccc1Cl)c1ccccc1. The average Bonchev–Trinajstić information content (AvgIpc) is 2.39. The van der Waals surface area contributed by atoms with Crippen LogP contribution in [-0.4, -0.2) is 5.91 Å². The molecule has 5 heteroatoms. The second kappa shape index (κ2) is 5.76. The minimum Gasteiger partial charge on any atom is -0.295 e. The number of halogens is 2. The molecule has 0 aliphatic carbocycles. The van der Waals surface area contributed by atoms with Gasteiger partial charge in [0.2, 0.25) is 0 Å². The summed E-state index contributed by atoms with van der Waals surface area (Å²) in [4.78, 5) is 11.8. The Hall–Kier alpha value is -1.71. The highest BCUT2D eigenvalue weighted by molar-refractivity contribution is 6.39. The van der Waals surface area contributed by atoms with Crippen molar-refractivity contribution in [2.45, 2.75) is 0 Å². The van der Waals surface area contributed by atoms with Crippen LogP contribution < -0.4 is 10.9 Å². The first-order valence-corrected chi connectivity index (χ1v) is 5.99. The van der Waals surface area contributed by atoms with Crippen LogP contribution in [0.25, 0.3) is 0 Å². The van der Waals surface area contributed by atoms with Crippen molar-refractivity contribution in [2.75, 3.05) is 5.43 Å². The van der Waals surface area contributed by atoms with Gasteiger partial charge in [0.15, 0.2) is 0 Å². The van der Waals surface area contributed by atoms with E-state index in [4.69, 9.17) is 23.2 Å². The van der Waals surface area contributed by atoms with Gasteiger partial charge in [0.1, 0.15) is 0 Å². The number of amides is 1. The lowest BCUT2D eigenvalue weighted by atomic mass is 10.2. The zero-order chi connectivity index (χ0) is 13.0. The number of hydrogen-bond donors (Lipinski definition) is 2. The summed E-state index contributed by atoms with van der Waals surface area (Å²) in [7, 11) is 0. The van der Waals surface area contributed by atoms with Crippen molar-refractivity contribution in [3.63, 3.8) is 0 Å². The summed E-state index contributed by atoms with van der Waals surface area (Å²) in [5, 5.41) is 0.881. The van der Waals surface area contributed by atoms with Crippen LogP contribution in [0.15, 0.2) is 48.5 Å². The van der Waals surface area contributed by atoms with E-state index in [2.05, 4.69) is 10.9 Å². The molecular weight excluding hydrogens is 271 g/mol. The molecule has 0 aromatic heterocycles. The molecule has 0 saturated carbocycles. The van der Waals surface area contributed by atoms with Crippen molar-refractivity contribution < 1.29 is 4.79 Å². The highest BCUT2D eigenvalue weighted by Crippen LogP contribution is 2.28. The highest BCUT2D eigenvalue weighted by Gasteiger charge is 2.07. The molecule has 2 N–H and O–H groups in total. The zero-order valence-corrected chi connectivity index (χ0v) is 10.8. The minimum atomic E-state index is -0.258. The van der Waals surface area contributed by atoms with Gasteiger partial charge in [0.05, 0.1) is 15.7 Å². The van der Waals surface area contributed by atoms with Crippen LogP contribution in [0.4, 0.5) is 5.69 Å². The van der Waals surface area contributed by atoms with Crippen LogP contribution >= 0.6 is 23.2 Å². The van der Waals surface area contributed by atoms with E-state index in [-0.39, 0.29) is 5.91 Å². The quantitative estimate of drug-likeness (QED) is 0.841. The van der Waals surface area contributed by atoms with Gasteiger partial charge in [0.25, 0.3) is 5.91 Å². The highest BCUT2D eigenvalue weighted by atomic mass is 35.5. The molecule has 2 aromatic rings. The van der Waals surface area contributed by atoms with Gasteiger partial charge in [-0.1, -0.05) is 47.5 Å². The number of carbonyl (C=O) groups excluding carboxylic acids is 1. The normalized spacial score (nSPS) is 9.89. The molecular formula is C13H10Cl2N2O. The van der Waals surface area contributed by atoms with E-state index >= 15 is 0 Å². The number of hydrogen-bond acceptors (Lipinski definition) is 2. The van der Waals surface area contributed by atoms with Crippen LogP contribution in [0, 0.1) is 0 Å². The summed E-state index contributed by atoms with van der Waals surface area (Å²) >= 11 is 11.9. The van der Waals surface area contributed by atoms with Gasteiger partial charge >= 0.3 is 0 Å². The smallest absolute Gasteiger partial charge is 0.269 e. The molecule has 3 nitrogen and oxygen atoms in total. The Labute approximate surface area is 115 Å². The van der Waals surface area contributed by atoms with E-state index in [1.54, 1.807) is 42.5 Å². The molecule has 0 aliphatic rings. The van der Waals surface area contributed by atoms with Crippen molar-refractivity contribution in [3.8, 4) is 0 Å². The summed E-state index contributed by atoms with van der Waals surface area (Å²) in [5.74, 6) is -0.258. The summed E-state index contributed by atoms with van der Waals surface area (Å²) in [6, 6.07) is 13.9. The molecule has 0 aliphatic heterocycles. The van der Waals surface area contributed by atoms with Crippen LogP contribution in [0.2, 0.25) is 10.0 Å². The lowest BCUT2D eigenvalue weighted by Crippen LogP contribution is -2.29. The molecule has 0 heterocycles. The number of nitrogens with one attached hydrogen (secondary N) is 2. The first-order valence-electron chi connectivity index (χ1n) is 5.24. The van der Waals surface area contributed by atoms with Gasteiger partial charge in [-0.25, -0.2) is 0 Å². The third kappa shape index (κ3) is 2.94. The van der Waals surface area contributed by atoms with Gasteiger partial charge in [0, 0.05) is 5.56 Å². The maximum atomic E-state index is 11.8. The molecule has 0 atom stereocenters. The van der Waals surface area contributed by atoms with Crippen LogP contribution in [-0.2, 0) is 0 Å². The van der Waals surface area contributed by atoms with Crippen LogP contribution in [0.1, 0.15) is 10.4 Å². The van der Waals surface area contributed by atoms with Crippen molar-refractivity contribution in [2.24, 2.45) is 0 Å². The second-order valence-corrected chi connectivity index (χ2v) is 4.36. The number of rotatable bonds is 3. The first kappa shape index (κ1) is 12.7. The molecule has 0 unspecified atom stereocenters. The van der Waals surface area contributed by atoms with Crippen LogP contribution in [0.3, 0.4) is 0 Å². The maximum Gasteiger partial charge on any atom is 0.269 e. The molecule has 2 aromatic carbocycles. The summed E-state index contributed by atoms with van der Waals surface area (Å²) in [6.07, 6.45) is 0. The van der Waals surface area contributed by atoms with E-state index in [0.717, 1.165) is 0 Å². The number of hydrazine groups is 1. The Balaban J connectivity index is 2.07. The molecule has 1 amide bonds. The molecule has 92 valence electrons. The molecule has 2 rings (SSSR count). The Kier molecular flexibility index (Phi) is 4.07. The first-order chi connectivity index (χ1) is 8.68. The van der Waals surface area contributed by atoms with Crippen LogP contribution in [0.5, 0.6) is 0 Å². The Morgan fingerprint density at radius 2 is 1.50 bits per heavy atom. The Bertz CT molecular complexity index is 538. The lowest BCUT2D eigenvalue weighted by Gasteiger charge is -2.11. The molecule has 0 bridgehead atoms. The predicted molar refractivity (Wildman–Crippen MR) is 74.0 cm³/mol. The largest absolute Gasteiger partial charge is 0.295 e. The van der Waals surface area contributed by atoms with Crippen molar-refractivity contribution in [3.05, 3.63) is 64.1 Å². The Morgan fingerprint density at radius 3 is 2.11 bits per heavy atom. The van der Waals surface area contributed by atoms with E-state index in [1.807, 2.05) is 6.07 Å². The van der Waals surface area contributed by atoms with Crippen molar-refractivity contribution >= 4 is 34.8 Å². The van der Waals surface area contributed by atoms with Gasteiger partial charge in [-0.05, 0) is 24.3 Å². The number of benzene rings is 2. The van der Waals surface area contributed by atoms with Gasteiger partial charge in [-0.3, -0.25) is 15.6 Å². The standard InChI is InChI=1S/C13H10Cl2N2O/c14-10-7-4-8-11(15)12(10)16-17-13(18)9-5-2-1-3-6-9/h1-8,16H,(H,17,18). The van der Waals surface area contributed by atoms with Crippen molar-refractivity contribution in [1.29, 1.82) is 0 Å². The van der Waals surface area contributed by atoms with Gasteiger partial charge < -0.3 is 0 Å². The number of anilines is 1. The molecule has 18 heavy (non-hydrogen) atoms. The maximum absolute atomic E-state index is 11.8. The minimum absolute atomic E-state index is 0.258. The lowest BCUT2D eigenvalue weighted by molar-refractivity contribution is 0.0962. The zero-order valence-electron chi connectivity index (χ0n) is 9.28. The van der Waals surface area contributed by atoms with E-state index in [9.17, 15) is 4.79 Å². The van der Waals surface area contributed by atoms with Gasteiger partial charge in [-0.2, -0.15) is 0 Å². The third-order valence-corrected chi connectivity index (χ3v) is 2.93. The Morgan fingerprint density at radius 1 is 0.889 bits per heavy atom. The van der Waals surface area contributed by atoms with Crippen molar-refractivity contribution in [1.82, 2.24) is 5.43 Å². The monoisotopic (exact) mass is 280 g/mol. The second-order valence-electron chi connectivity index (χ2n) is 3.54. The summed E-state index contributed by atoms with van der Waals surface area (Å²) < 4.78 is 0. The number of para-hydroxylation sites is 1. The summed E-state index contributed by atoms with van der Waals surface area (Å²) in [6.45, 7) is 0. The molecule has 0 radical (unpaired) electrons. The third-order valence-electron chi connectivity index (χ3n) is 2.30.